The van der Waals surface area contributed by atoms with Crippen LogP contribution in [0.1, 0.15) is 25.0 Å². The van der Waals surface area contributed by atoms with Gasteiger partial charge in [-0.05, 0) is 91.9 Å². The van der Waals surface area contributed by atoms with Crippen molar-refractivity contribution in [1.29, 1.82) is 0 Å². The molecule has 2 heterocycles. The number of hydrogen-bond donors (Lipinski definition) is 0. The van der Waals surface area contributed by atoms with Gasteiger partial charge in [0.15, 0.2) is 0 Å². The Morgan fingerprint density at radius 1 is 0.420 bits per heavy atom. The average Bonchev–Trinajstić information content (AvgIpc) is 3.62. The van der Waals surface area contributed by atoms with Crippen molar-refractivity contribution in [3.8, 4) is 50.2 Å². The minimum Gasteiger partial charge on any atom is -0.309 e. The van der Waals surface area contributed by atoms with E-state index in [0.29, 0.717) is 0 Å². The van der Waals surface area contributed by atoms with Crippen molar-refractivity contribution in [3.63, 3.8) is 0 Å². The molecule has 0 aliphatic heterocycles. The third-order valence-electron chi connectivity index (χ3n) is 10.9. The van der Waals surface area contributed by atoms with Crippen molar-refractivity contribution in [2.24, 2.45) is 0 Å². The predicted octanol–water partition coefficient (Wildman–Crippen LogP) is 12.6. The molecule has 0 amide bonds. The van der Waals surface area contributed by atoms with Gasteiger partial charge in [-0.15, -0.1) is 0 Å². The molecule has 10 rings (SSSR count). The van der Waals surface area contributed by atoms with Gasteiger partial charge in [-0.25, -0.2) is 0 Å². The first-order valence-electron chi connectivity index (χ1n) is 17.4. The summed E-state index contributed by atoms with van der Waals surface area (Å²) in [4.78, 5) is 4.50. The normalized spacial score (nSPS) is 13.2. The van der Waals surface area contributed by atoms with Crippen molar-refractivity contribution in [2.45, 2.75) is 19.3 Å². The van der Waals surface area contributed by atoms with E-state index in [9.17, 15) is 0 Å². The zero-order valence-corrected chi connectivity index (χ0v) is 28.1. The van der Waals surface area contributed by atoms with Gasteiger partial charge < -0.3 is 4.57 Å². The molecule has 0 unspecified atom stereocenters. The van der Waals surface area contributed by atoms with Crippen LogP contribution < -0.4 is 0 Å². The molecular weight excluding hydrogens is 605 g/mol. The number of fused-ring (bicyclic) bond motifs is 7. The van der Waals surface area contributed by atoms with Gasteiger partial charge in [0, 0.05) is 45.2 Å². The Morgan fingerprint density at radius 2 is 1.02 bits per heavy atom. The van der Waals surface area contributed by atoms with Gasteiger partial charge in [0.05, 0.1) is 11.0 Å². The molecular formula is C48H34N2. The fraction of sp³-hybridized carbons (Fsp3) is 0.0625. The lowest BCUT2D eigenvalue weighted by atomic mass is 9.81. The van der Waals surface area contributed by atoms with Crippen LogP contribution >= 0.6 is 0 Å². The van der Waals surface area contributed by atoms with Gasteiger partial charge >= 0.3 is 0 Å². The minimum atomic E-state index is -0.0139. The third kappa shape index (κ3) is 4.32. The van der Waals surface area contributed by atoms with Crippen molar-refractivity contribution >= 4 is 32.6 Å². The fourth-order valence-corrected chi connectivity index (χ4v) is 8.31. The largest absolute Gasteiger partial charge is 0.309 e. The van der Waals surface area contributed by atoms with Crippen molar-refractivity contribution in [2.75, 3.05) is 0 Å². The first-order valence-corrected chi connectivity index (χ1v) is 17.4. The summed E-state index contributed by atoms with van der Waals surface area (Å²) in [5.74, 6) is 0. The van der Waals surface area contributed by atoms with E-state index < -0.39 is 0 Å². The summed E-state index contributed by atoms with van der Waals surface area (Å²) in [5.41, 5.74) is 16.3. The number of nitrogens with zero attached hydrogens (tertiary/aromatic N) is 2. The van der Waals surface area contributed by atoms with Crippen molar-refractivity contribution < 1.29 is 0 Å². The Kier molecular flexibility index (Phi) is 6.25. The van der Waals surface area contributed by atoms with Crippen LogP contribution in [0.2, 0.25) is 0 Å². The first kappa shape index (κ1) is 28.7. The minimum absolute atomic E-state index is 0.0139. The second-order valence-electron chi connectivity index (χ2n) is 14.0. The van der Waals surface area contributed by atoms with Gasteiger partial charge in [0.2, 0.25) is 0 Å². The second-order valence-corrected chi connectivity index (χ2v) is 14.0. The van der Waals surface area contributed by atoms with Gasteiger partial charge in [-0.3, -0.25) is 4.98 Å². The Morgan fingerprint density at radius 3 is 1.86 bits per heavy atom. The molecule has 1 aliphatic rings. The lowest BCUT2D eigenvalue weighted by molar-refractivity contribution is 0.660. The summed E-state index contributed by atoms with van der Waals surface area (Å²) < 4.78 is 2.40. The SMILES string of the molecule is CC1(C)c2ccccc2-c2ccc(-c3ccc(-n4c5ccccc5c5cc(-c6ccc(-c7cncc8ccccc78)cc6)ccc54)cc3)cc21. The number of rotatable bonds is 4. The summed E-state index contributed by atoms with van der Waals surface area (Å²) in [6.45, 7) is 4.69. The number of hydrogen-bond acceptors (Lipinski definition) is 1. The highest BCUT2D eigenvalue weighted by atomic mass is 15.0. The predicted molar refractivity (Wildman–Crippen MR) is 210 cm³/mol. The maximum Gasteiger partial charge on any atom is 0.0541 e. The monoisotopic (exact) mass is 638 g/mol. The Bertz CT molecular complexity index is 2760. The van der Waals surface area contributed by atoms with Crippen LogP contribution in [0.25, 0.3) is 82.8 Å². The lowest BCUT2D eigenvalue weighted by Crippen LogP contribution is -2.14. The highest BCUT2D eigenvalue weighted by molar-refractivity contribution is 6.10. The van der Waals surface area contributed by atoms with E-state index in [0.717, 1.165) is 16.6 Å². The van der Waals surface area contributed by atoms with E-state index in [2.05, 4.69) is 181 Å². The van der Waals surface area contributed by atoms with Crippen LogP contribution in [0.4, 0.5) is 0 Å². The molecule has 0 radical (unpaired) electrons. The van der Waals surface area contributed by atoms with Crippen LogP contribution in [-0.4, -0.2) is 9.55 Å². The molecule has 7 aromatic carbocycles. The van der Waals surface area contributed by atoms with Crippen LogP contribution in [0.15, 0.2) is 170 Å². The van der Waals surface area contributed by atoms with Gasteiger partial charge in [-0.2, -0.15) is 0 Å². The fourth-order valence-electron chi connectivity index (χ4n) is 8.31. The summed E-state index contributed by atoms with van der Waals surface area (Å²) in [7, 11) is 0. The summed E-state index contributed by atoms with van der Waals surface area (Å²) >= 11 is 0. The van der Waals surface area contributed by atoms with Crippen molar-refractivity contribution in [1.82, 2.24) is 9.55 Å². The van der Waals surface area contributed by atoms with Crippen LogP contribution in [-0.2, 0) is 5.41 Å². The molecule has 0 bridgehead atoms. The lowest BCUT2D eigenvalue weighted by Gasteiger charge is -2.22. The van der Waals surface area contributed by atoms with Crippen LogP contribution in [0.5, 0.6) is 0 Å². The Hall–Kier alpha value is -6.25. The first-order chi connectivity index (χ1) is 24.5. The standard InChI is InChI=1S/C48H34N2/c1-48(2)44-13-7-5-11-39(44)40-25-21-35(28-45(40)48)32-19-23-37(24-20-32)50-46-14-8-6-12-41(46)42-27-34(22-26-47(42)50)31-15-17-33(18-16-31)43-30-49-29-36-9-3-4-10-38(36)43/h3-30H,1-2H3. The summed E-state index contributed by atoms with van der Waals surface area (Å²) in [6.07, 6.45) is 3.90. The van der Waals surface area contributed by atoms with E-state index in [1.54, 1.807) is 0 Å². The quantitative estimate of drug-likeness (QED) is 0.188. The number of benzene rings is 7. The number of pyridine rings is 1. The molecule has 0 N–H and O–H groups in total. The molecule has 9 aromatic rings. The molecule has 1 aliphatic carbocycles. The highest BCUT2D eigenvalue weighted by Crippen LogP contribution is 2.49. The molecule has 0 spiro atoms. The molecule has 0 saturated heterocycles. The van der Waals surface area contributed by atoms with E-state index >= 15 is 0 Å². The third-order valence-corrected chi connectivity index (χ3v) is 10.9. The molecule has 2 aromatic heterocycles. The topological polar surface area (TPSA) is 17.8 Å². The van der Waals surface area contributed by atoms with E-state index in [-0.39, 0.29) is 5.41 Å². The average molecular weight is 639 g/mol. The van der Waals surface area contributed by atoms with E-state index in [4.69, 9.17) is 0 Å². The van der Waals surface area contributed by atoms with Gasteiger partial charge in [0.1, 0.15) is 0 Å². The number of aromatic nitrogens is 2. The summed E-state index contributed by atoms with van der Waals surface area (Å²) in [6, 6.07) is 57.9. The Balaban J connectivity index is 1.01. The van der Waals surface area contributed by atoms with E-state index in [1.165, 1.54) is 77.3 Å². The molecule has 0 saturated carbocycles. The van der Waals surface area contributed by atoms with Gasteiger partial charge in [-0.1, -0.05) is 135 Å². The Labute approximate surface area is 291 Å². The number of para-hydroxylation sites is 1. The second kappa shape index (κ2) is 10.9. The zero-order valence-electron chi connectivity index (χ0n) is 28.1. The smallest absolute Gasteiger partial charge is 0.0541 e. The maximum atomic E-state index is 4.50. The van der Waals surface area contributed by atoms with Gasteiger partial charge in [0.25, 0.3) is 0 Å². The summed E-state index contributed by atoms with van der Waals surface area (Å²) in [5, 5.41) is 4.89. The van der Waals surface area contributed by atoms with Crippen LogP contribution in [0, 0.1) is 0 Å². The molecule has 2 heteroatoms. The molecule has 0 atom stereocenters. The molecule has 0 fully saturated rings. The van der Waals surface area contributed by atoms with Crippen LogP contribution in [0.3, 0.4) is 0 Å². The highest BCUT2D eigenvalue weighted by Gasteiger charge is 2.35. The van der Waals surface area contributed by atoms with E-state index in [1.807, 2.05) is 12.4 Å². The maximum absolute atomic E-state index is 4.50. The van der Waals surface area contributed by atoms with Crippen molar-refractivity contribution in [3.05, 3.63) is 181 Å². The zero-order chi connectivity index (χ0) is 33.4. The molecule has 2 nitrogen and oxygen atoms in total. The molecule has 50 heavy (non-hydrogen) atoms. The molecule has 236 valence electrons.